The van der Waals surface area contributed by atoms with Crippen LogP contribution in [0.5, 0.6) is 0 Å². The van der Waals surface area contributed by atoms with Crippen LogP contribution < -0.4 is 5.32 Å². The van der Waals surface area contributed by atoms with Crippen LogP contribution in [-0.4, -0.2) is 32.8 Å². The van der Waals surface area contributed by atoms with E-state index in [2.05, 4.69) is 32.3 Å². The Bertz CT molecular complexity index is 632. The molecule has 2 N–H and O–H groups in total. The van der Waals surface area contributed by atoms with Crippen LogP contribution in [0, 0.1) is 11.8 Å². The summed E-state index contributed by atoms with van der Waals surface area (Å²) in [6, 6.07) is 4.85. The summed E-state index contributed by atoms with van der Waals surface area (Å²) in [5, 5.41) is 18.7. The Hall–Kier alpha value is -2.78. The van der Waals surface area contributed by atoms with Crippen LogP contribution in [0.1, 0.15) is 15.9 Å². The van der Waals surface area contributed by atoms with Crippen molar-refractivity contribution in [2.75, 3.05) is 11.9 Å². The molecule has 19 heavy (non-hydrogen) atoms. The average Bonchev–Trinajstić information content (AvgIpc) is 2.46. The predicted octanol–water partition coefficient (Wildman–Crippen LogP) is 0.468. The Morgan fingerprint density at radius 2 is 2.26 bits per heavy atom. The fourth-order valence-corrected chi connectivity index (χ4v) is 1.38. The van der Waals surface area contributed by atoms with Crippen molar-refractivity contribution in [3.8, 4) is 11.8 Å². The third-order valence-corrected chi connectivity index (χ3v) is 2.18. The van der Waals surface area contributed by atoms with Crippen LogP contribution in [0.25, 0.3) is 0 Å². The molecule has 0 aliphatic rings. The fourth-order valence-electron chi connectivity index (χ4n) is 1.38. The topological polar surface area (TPSA) is 88.0 Å². The standard InChI is InChI=1S/C13H10N4O2/c18-8-2-3-10-9-14-7-5-11(10)13(19)16-12-4-1-6-15-17-12/h1,4-7,9,18H,8H2,(H,16,17,19). The molecule has 0 saturated carbocycles. The number of rotatable bonds is 2. The molecule has 0 atom stereocenters. The lowest BCUT2D eigenvalue weighted by molar-refractivity contribution is 0.102. The summed E-state index contributed by atoms with van der Waals surface area (Å²) in [5.74, 6) is 5.15. The van der Waals surface area contributed by atoms with Crippen molar-refractivity contribution in [3.63, 3.8) is 0 Å². The van der Waals surface area contributed by atoms with Crippen molar-refractivity contribution in [3.05, 3.63) is 47.9 Å². The van der Waals surface area contributed by atoms with E-state index in [0.29, 0.717) is 16.9 Å². The second kappa shape index (κ2) is 6.23. The van der Waals surface area contributed by atoms with Crippen LogP contribution in [-0.2, 0) is 0 Å². The van der Waals surface area contributed by atoms with Gasteiger partial charge in [-0.25, -0.2) is 0 Å². The first kappa shape index (κ1) is 12.7. The van der Waals surface area contributed by atoms with Gasteiger partial charge in [0.05, 0.1) is 11.1 Å². The number of nitrogens with zero attached hydrogens (tertiary/aromatic N) is 3. The summed E-state index contributed by atoms with van der Waals surface area (Å²) in [7, 11) is 0. The van der Waals surface area contributed by atoms with Gasteiger partial charge >= 0.3 is 0 Å². The van der Waals surface area contributed by atoms with Crippen molar-refractivity contribution in [1.29, 1.82) is 0 Å². The summed E-state index contributed by atoms with van der Waals surface area (Å²) >= 11 is 0. The summed E-state index contributed by atoms with van der Waals surface area (Å²) in [6.07, 6.45) is 4.48. The highest BCUT2D eigenvalue weighted by Gasteiger charge is 2.10. The van der Waals surface area contributed by atoms with E-state index in [1.165, 1.54) is 18.6 Å². The number of aliphatic hydroxyl groups excluding tert-OH is 1. The number of pyridine rings is 1. The normalized spacial score (nSPS) is 9.32. The molecule has 0 aliphatic carbocycles. The van der Waals surface area contributed by atoms with Gasteiger partial charge in [-0.3, -0.25) is 9.78 Å². The molecule has 94 valence electrons. The smallest absolute Gasteiger partial charge is 0.258 e. The highest BCUT2D eigenvalue weighted by Crippen LogP contribution is 2.08. The minimum absolute atomic E-state index is 0.278. The maximum atomic E-state index is 12.1. The Morgan fingerprint density at radius 3 is 3.00 bits per heavy atom. The quantitative estimate of drug-likeness (QED) is 0.760. The van der Waals surface area contributed by atoms with Crippen LogP contribution in [0.2, 0.25) is 0 Å². The van der Waals surface area contributed by atoms with Crippen LogP contribution in [0.15, 0.2) is 36.8 Å². The average molecular weight is 254 g/mol. The van der Waals surface area contributed by atoms with Gasteiger partial charge in [-0.2, -0.15) is 5.10 Å². The van der Waals surface area contributed by atoms with Gasteiger partial charge in [-0.1, -0.05) is 11.8 Å². The maximum Gasteiger partial charge on any atom is 0.258 e. The fraction of sp³-hybridized carbons (Fsp3) is 0.0769. The molecule has 0 aromatic carbocycles. The second-order valence-electron chi connectivity index (χ2n) is 3.44. The van der Waals surface area contributed by atoms with Crippen LogP contribution >= 0.6 is 0 Å². The van der Waals surface area contributed by atoms with Gasteiger partial charge in [-0.15, -0.1) is 5.10 Å². The van der Waals surface area contributed by atoms with Crippen LogP contribution in [0.4, 0.5) is 5.82 Å². The largest absolute Gasteiger partial charge is 0.384 e. The Kier molecular flexibility index (Phi) is 4.16. The molecule has 0 radical (unpaired) electrons. The van der Waals surface area contributed by atoms with Gasteiger partial charge in [-0.05, 0) is 18.2 Å². The summed E-state index contributed by atoms with van der Waals surface area (Å²) in [4.78, 5) is 16.0. The number of hydrogen-bond acceptors (Lipinski definition) is 5. The number of carbonyl (C=O) groups excluding carboxylic acids is 1. The van der Waals surface area contributed by atoms with Gasteiger partial charge < -0.3 is 10.4 Å². The summed E-state index contributed by atoms with van der Waals surface area (Å²) in [5.41, 5.74) is 0.805. The lowest BCUT2D eigenvalue weighted by Gasteiger charge is -2.04. The van der Waals surface area contributed by atoms with Gasteiger partial charge in [0.25, 0.3) is 5.91 Å². The van der Waals surface area contributed by atoms with Crippen molar-refractivity contribution in [2.24, 2.45) is 0 Å². The molecule has 1 amide bonds. The van der Waals surface area contributed by atoms with Crippen molar-refractivity contribution < 1.29 is 9.90 Å². The minimum atomic E-state index is -0.356. The lowest BCUT2D eigenvalue weighted by atomic mass is 10.1. The molecule has 0 unspecified atom stereocenters. The molecule has 2 aromatic rings. The molecule has 6 heteroatoms. The van der Waals surface area contributed by atoms with E-state index in [1.807, 2.05) is 0 Å². The molecule has 2 rings (SSSR count). The molecule has 0 saturated heterocycles. The molecule has 0 spiro atoms. The molecule has 0 fully saturated rings. The Balaban J connectivity index is 2.24. The number of aliphatic hydroxyl groups is 1. The van der Waals surface area contributed by atoms with Gasteiger partial charge in [0.15, 0.2) is 5.82 Å². The summed E-state index contributed by atoms with van der Waals surface area (Å²) in [6.45, 7) is -0.278. The van der Waals surface area contributed by atoms with Gasteiger partial charge in [0.2, 0.25) is 0 Å². The molecule has 6 nitrogen and oxygen atoms in total. The zero-order valence-corrected chi connectivity index (χ0v) is 9.87. The van der Waals surface area contributed by atoms with Crippen LogP contribution in [0.3, 0.4) is 0 Å². The van der Waals surface area contributed by atoms with Crippen molar-refractivity contribution in [1.82, 2.24) is 15.2 Å². The molecular formula is C13H10N4O2. The Labute approximate surface area is 109 Å². The second-order valence-corrected chi connectivity index (χ2v) is 3.44. The molecule has 0 aliphatic heterocycles. The predicted molar refractivity (Wildman–Crippen MR) is 68.2 cm³/mol. The first-order valence-electron chi connectivity index (χ1n) is 5.44. The van der Waals surface area contributed by atoms with E-state index in [4.69, 9.17) is 5.11 Å². The maximum absolute atomic E-state index is 12.1. The number of nitrogens with one attached hydrogen (secondary N) is 1. The Morgan fingerprint density at radius 1 is 1.37 bits per heavy atom. The highest BCUT2D eigenvalue weighted by atomic mass is 16.2. The number of aromatic nitrogens is 3. The minimum Gasteiger partial charge on any atom is -0.384 e. The number of carbonyl (C=O) groups is 1. The first-order valence-corrected chi connectivity index (χ1v) is 5.44. The highest BCUT2D eigenvalue weighted by molar-refractivity contribution is 6.05. The molecule has 2 heterocycles. The number of hydrogen-bond donors (Lipinski definition) is 2. The van der Waals surface area contributed by atoms with E-state index >= 15 is 0 Å². The third kappa shape index (κ3) is 3.34. The lowest BCUT2D eigenvalue weighted by Crippen LogP contribution is -2.14. The van der Waals surface area contributed by atoms with E-state index < -0.39 is 0 Å². The first-order chi connectivity index (χ1) is 9.31. The molecule has 2 aromatic heterocycles. The van der Waals surface area contributed by atoms with E-state index in [9.17, 15) is 4.79 Å². The third-order valence-electron chi connectivity index (χ3n) is 2.18. The number of amides is 1. The van der Waals surface area contributed by atoms with Gasteiger partial charge in [0, 0.05) is 18.6 Å². The molecular weight excluding hydrogens is 244 g/mol. The summed E-state index contributed by atoms with van der Waals surface area (Å²) < 4.78 is 0. The van der Waals surface area contributed by atoms with Gasteiger partial charge in [0.1, 0.15) is 6.61 Å². The zero-order valence-electron chi connectivity index (χ0n) is 9.87. The van der Waals surface area contributed by atoms with E-state index in [0.717, 1.165) is 0 Å². The van der Waals surface area contributed by atoms with E-state index in [-0.39, 0.29) is 12.5 Å². The van der Waals surface area contributed by atoms with Crippen molar-refractivity contribution in [2.45, 2.75) is 0 Å². The monoisotopic (exact) mass is 254 g/mol. The van der Waals surface area contributed by atoms with Crippen molar-refractivity contribution >= 4 is 11.7 Å². The zero-order chi connectivity index (χ0) is 13.5. The SMILES string of the molecule is O=C(Nc1cccnn1)c1ccncc1C#CCO. The number of anilines is 1. The van der Waals surface area contributed by atoms with E-state index in [1.54, 1.807) is 18.2 Å². The molecule has 0 bridgehead atoms.